The van der Waals surface area contributed by atoms with E-state index in [1.54, 1.807) is 19.2 Å². The van der Waals surface area contributed by atoms with E-state index in [4.69, 9.17) is 10.00 Å². The molecule has 0 atom stereocenters. The summed E-state index contributed by atoms with van der Waals surface area (Å²) in [6, 6.07) is 7.27. The molecule has 1 rings (SSSR count). The number of carbonyl (C=O) groups excluding carboxylic acids is 1. The molecule has 0 bridgehead atoms. The van der Waals surface area contributed by atoms with E-state index in [2.05, 4.69) is 21.2 Å². The van der Waals surface area contributed by atoms with Gasteiger partial charge in [0.25, 0.3) is 5.91 Å². The van der Waals surface area contributed by atoms with Crippen molar-refractivity contribution >= 4 is 27.9 Å². The molecule has 4 nitrogen and oxygen atoms in total. The Morgan fingerprint density at radius 2 is 2.21 bits per heavy atom. The number of amides is 1. The molecule has 0 aromatic heterocycles. The van der Waals surface area contributed by atoms with Crippen LogP contribution in [0, 0.1) is 11.3 Å². The Morgan fingerprint density at radius 1 is 1.53 bits per heavy atom. The van der Waals surface area contributed by atoms with E-state index < -0.39 is 0 Å². The third-order valence-corrected chi connectivity index (χ3v) is 2.77. The van der Waals surface area contributed by atoms with Gasteiger partial charge >= 0.3 is 0 Å². The maximum atomic E-state index is 11.8. The van der Waals surface area contributed by atoms with Crippen LogP contribution >= 0.6 is 15.9 Å². The monoisotopic (exact) mass is 322 g/mol. The molecule has 1 N–H and O–H groups in total. The Balaban J connectivity index is 3.14. The molecule has 0 unspecified atom stereocenters. The minimum absolute atomic E-state index is 0.0198. The largest absolute Gasteiger partial charge is 0.496 e. The number of nitrogens with zero attached hydrogens (tertiary/aromatic N) is 1. The van der Waals surface area contributed by atoms with E-state index in [1.807, 2.05) is 26.0 Å². The average Bonchev–Trinajstić information content (AvgIpc) is 2.35. The second-order valence-corrected chi connectivity index (χ2v) is 5.10. The van der Waals surface area contributed by atoms with Crippen LogP contribution in [0.1, 0.15) is 19.4 Å². The number of hydrogen-bond acceptors (Lipinski definition) is 3. The average molecular weight is 323 g/mol. The first kappa shape index (κ1) is 15.3. The Bertz CT molecular complexity index is 545. The van der Waals surface area contributed by atoms with Crippen LogP contribution in [0.25, 0.3) is 6.08 Å². The van der Waals surface area contributed by atoms with Crippen LogP contribution in [0.4, 0.5) is 0 Å². The van der Waals surface area contributed by atoms with E-state index in [0.29, 0.717) is 11.3 Å². The number of methoxy groups -OCH3 is 1. The first-order chi connectivity index (χ1) is 8.97. The fraction of sp³-hybridized carbons (Fsp3) is 0.286. The summed E-state index contributed by atoms with van der Waals surface area (Å²) in [7, 11) is 1.54. The lowest BCUT2D eigenvalue weighted by molar-refractivity contribution is -0.117. The number of ether oxygens (including phenoxy) is 1. The highest BCUT2D eigenvalue weighted by molar-refractivity contribution is 9.10. The van der Waals surface area contributed by atoms with Crippen molar-refractivity contribution in [1.29, 1.82) is 5.26 Å². The molecule has 5 heteroatoms. The molecule has 0 fully saturated rings. The van der Waals surface area contributed by atoms with Crippen LogP contribution in [0.5, 0.6) is 5.75 Å². The van der Waals surface area contributed by atoms with Gasteiger partial charge in [-0.3, -0.25) is 4.79 Å². The SMILES string of the molecule is COc1ccc(Br)cc1/C=C(\C#N)C(=O)NC(C)C. The van der Waals surface area contributed by atoms with Gasteiger partial charge in [-0.05, 0) is 38.1 Å². The summed E-state index contributed by atoms with van der Waals surface area (Å²) in [5, 5.41) is 11.8. The lowest BCUT2D eigenvalue weighted by atomic mass is 10.1. The van der Waals surface area contributed by atoms with Crippen LogP contribution < -0.4 is 10.1 Å². The predicted octanol–water partition coefficient (Wildman–Crippen LogP) is 2.89. The molecule has 1 aromatic carbocycles. The normalized spacial score (nSPS) is 11.1. The van der Waals surface area contributed by atoms with Crippen molar-refractivity contribution in [3.8, 4) is 11.8 Å². The van der Waals surface area contributed by atoms with Crippen molar-refractivity contribution in [2.75, 3.05) is 7.11 Å². The first-order valence-electron chi connectivity index (χ1n) is 5.74. The van der Waals surface area contributed by atoms with Crippen molar-refractivity contribution in [2.45, 2.75) is 19.9 Å². The molecule has 0 spiro atoms. The molecule has 19 heavy (non-hydrogen) atoms. The fourth-order valence-corrected chi connectivity index (χ4v) is 1.84. The van der Waals surface area contributed by atoms with Crippen molar-refractivity contribution in [1.82, 2.24) is 5.32 Å². The number of carbonyl (C=O) groups is 1. The maximum Gasteiger partial charge on any atom is 0.262 e. The highest BCUT2D eigenvalue weighted by Gasteiger charge is 2.11. The second kappa shape index (κ2) is 6.95. The van der Waals surface area contributed by atoms with Gasteiger partial charge in [0.15, 0.2) is 0 Å². The molecule has 1 amide bonds. The van der Waals surface area contributed by atoms with Crippen LogP contribution in [0.2, 0.25) is 0 Å². The number of halogens is 1. The number of benzene rings is 1. The summed E-state index contributed by atoms with van der Waals surface area (Å²) in [5.74, 6) is 0.216. The number of nitriles is 1. The van der Waals surface area contributed by atoms with E-state index in [1.165, 1.54) is 6.08 Å². The zero-order valence-corrected chi connectivity index (χ0v) is 12.6. The number of hydrogen-bond donors (Lipinski definition) is 1. The summed E-state index contributed by atoms with van der Waals surface area (Å²) < 4.78 is 6.05. The standard InChI is InChI=1S/C14H15BrN2O2/c1-9(2)17-14(18)11(8-16)6-10-7-12(15)4-5-13(10)19-3/h4-7,9H,1-3H3,(H,17,18)/b11-6+. The summed E-state index contributed by atoms with van der Waals surface area (Å²) in [4.78, 5) is 11.8. The molecule has 0 aliphatic carbocycles. The van der Waals surface area contributed by atoms with Crippen LogP contribution in [0.3, 0.4) is 0 Å². The van der Waals surface area contributed by atoms with Gasteiger partial charge in [-0.1, -0.05) is 15.9 Å². The lowest BCUT2D eigenvalue weighted by Gasteiger charge is -2.08. The molecule has 0 aliphatic heterocycles. The van der Waals surface area contributed by atoms with Gasteiger partial charge in [0.2, 0.25) is 0 Å². The van der Waals surface area contributed by atoms with Gasteiger partial charge in [-0.25, -0.2) is 0 Å². The van der Waals surface area contributed by atoms with Crippen LogP contribution in [-0.4, -0.2) is 19.1 Å². The smallest absolute Gasteiger partial charge is 0.262 e. The first-order valence-corrected chi connectivity index (χ1v) is 6.53. The van der Waals surface area contributed by atoms with Crippen molar-refractivity contribution in [2.24, 2.45) is 0 Å². The summed E-state index contributed by atoms with van der Waals surface area (Å²) in [6.45, 7) is 3.68. The van der Waals surface area contributed by atoms with Crippen molar-refractivity contribution in [3.05, 3.63) is 33.8 Å². The third-order valence-electron chi connectivity index (χ3n) is 2.28. The molecular formula is C14H15BrN2O2. The molecular weight excluding hydrogens is 308 g/mol. The van der Waals surface area contributed by atoms with E-state index in [-0.39, 0.29) is 17.5 Å². The van der Waals surface area contributed by atoms with E-state index in [0.717, 1.165) is 4.47 Å². The van der Waals surface area contributed by atoms with Gasteiger partial charge in [-0.2, -0.15) is 5.26 Å². The summed E-state index contributed by atoms with van der Waals surface area (Å²) in [6.07, 6.45) is 1.52. The zero-order valence-electron chi connectivity index (χ0n) is 11.0. The number of nitrogens with one attached hydrogen (secondary N) is 1. The predicted molar refractivity (Wildman–Crippen MR) is 77.6 cm³/mol. The fourth-order valence-electron chi connectivity index (χ4n) is 1.46. The van der Waals surface area contributed by atoms with Crippen molar-refractivity contribution < 1.29 is 9.53 Å². The molecule has 0 saturated carbocycles. The van der Waals surface area contributed by atoms with Gasteiger partial charge in [0, 0.05) is 16.1 Å². The lowest BCUT2D eigenvalue weighted by Crippen LogP contribution is -2.30. The van der Waals surface area contributed by atoms with Gasteiger partial charge in [0.1, 0.15) is 17.4 Å². The highest BCUT2D eigenvalue weighted by Crippen LogP contribution is 2.25. The molecule has 0 heterocycles. The highest BCUT2D eigenvalue weighted by atomic mass is 79.9. The Morgan fingerprint density at radius 3 is 2.74 bits per heavy atom. The van der Waals surface area contributed by atoms with Crippen LogP contribution in [0.15, 0.2) is 28.2 Å². The quantitative estimate of drug-likeness (QED) is 0.684. The Labute approximate surface area is 121 Å². The molecule has 0 saturated heterocycles. The Kier molecular flexibility index (Phi) is 5.58. The minimum Gasteiger partial charge on any atom is -0.496 e. The zero-order chi connectivity index (χ0) is 14.4. The van der Waals surface area contributed by atoms with Gasteiger partial charge in [-0.15, -0.1) is 0 Å². The molecule has 1 aromatic rings. The second-order valence-electron chi connectivity index (χ2n) is 4.18. The van der Waals surface area contributed by atoms with Gasteiger partial charge < -0.3 is 10.1 Å². The molecule has 0 radical (unpaired) electrons. The molecule has 0 aliphatic rings. The maximum absolute atomic E-state index is 11.8. The topological polar surface area (TPSA) is 62.1 Å². The van der Waals surface area contributed by atoms with E-state index >= 15 is 0 Å². The Hall–Kier alpha value is -1.80. The summed E-state index contributed by atoms with van der Waals surface area (Å²) in [5.41, 5.74) is 0.720. The third kappa shape index (κ3) is 4.42. The van der Waals surface area contributed by atoms with Crippen LogP contribution in [-0.2, 0) is 4.79 Å². The van der Waals surface area contributed by atoms with Gasteiger partial charge in [0.05, 0.1) is 7.11 Å². The minimum atomic E-state index is -0.389. The number of rotatable bonds is 4. The summed E-state index contributed by atoms with van der Waals surface area (Å²) >= 11 is 3.35. The molecule has 100 valence electrons. The van der Waals surface area contributed by atoms with Crippen molar-refractivity contribution in [3.63, 3.8) is 0 Å². The van der Waals surface area contributed by atoms with E-state index in [9.17, 15) is 4.79 Å².